The molecule has 0 amide bonds. The smallest absolute Gasteiger partial charge is 0.403 e. The third-order valence-corrected chi connectivity index (χ3v) is 3.14. The highest BCUT2D eigenvalue weighted by atomic mass is 79.9. The maximum Gasteiger partial charge on any atom is 0.573 e. The summed E-state index contributed by atoms with van der Waals surface area (Å²) < 4.78 is 39.7. The fourth-order valence-electron chi connectivity index (χ4n) is 0.744. The molecule has 15 heavy (non-hydrogen) atoms. The van der Waals surface area contributed by atoms with Gasteiger partial charge in [-0.05, 0) is 31.9 Å². The van der Waals surface area contributed by atoms with Crippen molar-refractivity contribution in [2.24, 2.45) is 0 Å². The predicted molar refractivity (Wildman–Crippen MR) is 51.0 cm³/mol. The number of rotatable bonds is 1. The van der Waals surface area contributed by atoms with Gasteiger partial charge in [0.05, 0.1) is 4.47 Å². The van der Waals surface area contributed by atoms with Gasteiger partial charge < -0.3 is 4.74 Å². The summed E-state index contributed by atoms with van der Waals surface area (Å²) in [4.78, 5) is 3.64. The number of alkyl halides is 3. The zero-order valence-electron chi connectivity index (χ0n) is 6.77. The molecule has 0 fully saturated rings. The van der Waals surface area contributed by atoms with Gasteiger partial charge in [-0.25, -0.2) is 4.98 Å². The molecule has 0 aliphatic heterocycles. The predicted octanol–water partition coefficient (Wildman–Crippen LogP) is 3.38. The van der Waals surface area contributed by atoms with Crippen LogP contribution in [0.5, 0.6) is 5.75 Å². The number of halogens is 5. The molecule has 0 atom stereocenters. The Bertz CT molecular complexity index is 427. The Kier molecular flexibility index (Phi) is 3.57. The molecule has 0 aliphatic carbocycles. The first-order valence-electron chi connectivity index (χ1n) is 3.35. The summed E-state index contributed by atoms with van der Waals surface area (Å²) in [6.45, 7) is 0. The summed E-state index contributed by atoms with van der Waals surface area (Å²) in [7, 11) is 0. The minimum atomic E-state index is -4.85. The van der Waals surface area contributed by atoms with Crippen molar-refractivity contribution >= 4 is 31.9 Å². The second-order valence-electron chi connectivity index (χ2n) is 2.27. The second-order valence-corrected chi connectivity index (χ2v) is 3.81. The number of aromatic nitrogens is 1. The van der Waals surface area contributed by atoms with E-state index in [1.807, 2.05) is 0 Å². The highest BCUT2D eigenvalue weighted by molar-refractivity contribution is 9.13. The monoisotopic (exact) mass is 344 g/mol. The van der Waals surface area contributed by atoms with Crippen molar-refractivity contribution in [2.45, 2.75) is 6.36 Å². The normalized spacial score (nSPS) is 10.9. The third-order valence-electron chi connectivity index (χ3n) is 1.27. The quantitative estimate of drug-likeness (QED) is 0.733. The van der Waals surface area contributed by atoms with E-state index in [-0.39, 0.29) is 14.6 Å². The van der Waals surface area contributed by atoms with Gasteiger partial charge in [-0.2, -0.15) is 5.26 Å². The lowest BCUT2D eigenvalue weighted by Crippen LogP contribution is -2.18. The maximum atomic E-state index is 12.0. The van der Waals surface area contributed by atoms with Crippen LogP contribution in [-0.4, -0.2) is 11.3 Å². The van der Waals surface area contributed by atoms with Gasteiger partial charge in [0.2, 0.25) is 0 Å². The molecule has 0 radical (unpaired) electrons. The molecule has 0 bridgehead atoms. The van der Waals surface area contributed by atoms with Crippen LogP contribution in [0.25, 0.3) is 0 Å². The Labute approximate surface area is 99.1 Å². The van der Waals surface area contributed by atoms with Gasteiger partial charge >= 0.3 is 6.36 Å². The largest absolute Gasteiger partial charge is 0.573 e. The van der Waals surface area contributed by atoms with E-state index < -0.39 is 12.1 Å². The van der Waals surface area contributed by atoms with Crippen LogP contribution in [-0.2, 0) is 0 Å². The zero-order valence-corrected chi connectivity index (χ0v) is 9.94. The molecule has 0 saturated carbocycles. The van der Waals surface area contributed by atoms with Crippen molar-refractivity contribution in [3.8, 4) is 11.8 Å². The van der Waals surface area contributed by atoms with Crippen LogP contribution in [0.4, 0.5) is 13.2 Å². The second kappa shape index (κ2) is 4.37. The average molecular weight is 346 g/mol. The SMILES string of the molecule is N#Cc1cnc(Br)c(Br)c1OC(F)(F)F. The number of pyridine rings is 1. The maximum absolute atomic E-state index is 12.0. The summed E-state index contributed by atoms with van der Waals surface area (Å²) in [6, 6.07) is 1.55. The van der Waals surface area contributed by atoms with E-state index in [1.54, 1.807) is 6.07 Å². The van der Waals surface area contributed by atoms with Crippen LogP contribution in [0.3, 0.4) is 0 Å². The van der Waals surface area contributed by atoms with Crippen molar-refractivity contribution < 1.29 is 17.9 Å². The molecule has 1 rings (SSSR count). The van der Waals surface area contributed by atoms with Gasteiger partial charge in [0.1, 0.15) is 16.2 Å². The highest BCUT2D eigenvalue weighted by Crippen LogP contribution is 2.36. The highest BCUT2D eigenvalue weighted by Gasteiger charge is 2.33. The molecule has 0 aliphatic rings. The lowest BCUT2D eigenvalue weighted by molar-refractivity contribution is -0.275. The molecular weight excluding hydrogens is 345 g/mol. The lowest BCUT2D eigenvalue weighted by Gasteiger charge is -2.11. The summed E-state index contributed by atoms with van der Waals surface area (Å²) in [6.07, 6.45) is -3.87. The summed E-state index contributed by atoms with van der Waals surface area (Å²) in [5, 5.41) is 8.56. The Balaban J connectivity index is 3.26. The fourth-order valence-corrected chi connectivity index (χ4v) is 1.42. The van der Waals surface area contributed by atoms with Gasteiger partial charge in [-0.1, -0.05) is 0 Å². The first kappa shape index (κ1) is 12.3. The van der Waals surface area contributed by atoms with E-state index >= 15 is 0 Å². The van der Waals surface area contributed by atoms with E-state index in [1.165, 1.54) is 0 Å². The van der Waals surface area contributed by atoms with E-state index in [0.29, 0.717) is 0 Å². The molecular formula is C7HBr2F3N2O. The minimum absolute atomic E-state index is 0.0566. The molecule has 0 N–H and O–H groups in total. The van der Waals surface area contributed by atoms with Crippen LogP contribution in [0.1, 0.15) is 5.56 Å². The third kappa shape index (κ3) is 3.07. The molecule has 0 spiro atoms. The summed E-state index contributed by atoms with van der Waals surface area (Å²) in [5.41, 5.74) is -0.303. The molecule has 0 unspecified atom stereocenters. The van der Waals surface area contributed by atoms with Gasteiger partial charge in [0, 0.05) is 6.20 Å². The summed E-state index contributed by atoms with van der Waals surface area (Å²) >= 11 is 5.74. The molecule has 1 aromatic rings. The van der Waals surface area contributed by atoms with Crippen molar-refractivity contribution in [1.82, 2.24) is 4.98 Å². The topological polar surface area (TPSA) is 45.9 Å². The van der Waals surface area contributed by atoms with Gasteiger partial charge in [0.15, 0.2) is 5.75 Å². The lowest BCUT2D eigenvalue weighted by atomic mass is 10.3. The Morgan fingerprint density at radius 1 is 1.40 bits per heavy atom. The molecule has 8 heteroatoms. The Hall–Kier alpha value is -0.810. The fraction of sp³-hybridized carbons (Fsp3) is 0.143. The van der Waals surface area contributed by atoms with Gasteiger partial charge in [-0.15, -0.1) is 13.2 Å². The van der Waals surface area contributed by atoms with E-state index in [9.17, 15) is 13.2 Å². The molecule has 0 saturated heterocycles. The van der Waals surface area contributed by atoms with E-state index in [0.717, 1.165) is 6.20 Å². The minimum Gasteiger partial charge on any atom is -0.403 e. The number of hydrogen-bond donors (Lipinski definition) is 0. The Morgan fingerprint density at radius 2 is 2.00 bits per heavy atom. The number of hydrogen-bond acceptors (Lipinski definition) is 3. The van der Waals surface area contributed by atoms with Crippen LogP contribution in [0.15, 0.2) is 15.3 Å². The van der Waals surface area contributed by atoms with Crippen LogP contribution in [0.2, 0.25) is 0 Å². The van der Waals surface area contributed by atoms with Crippen molar-refractivity contribution in [3.05, 3.63) is 20.8 Å². The number of nitriles is 1. The zero-order chi connectivity index (χ0) is 11.6. The summed E-state index contributed by atoms with van der Waals surface area (Å²) in [5.74, 6) is -0.605. The van der Waals surface area contributed by atoms with Crippen LogP contribution >= 0.6 is 31.9 Å². The molecule has 1 heterocycles. The first-order valence-corrected chi connectivity index (χ1v) is 4.93. The van der Waals surface area contributed by atoms with Crippen molar-refractivity contribution in [3.63, 3.8) is 0 Å². The molecule has 80 valence electrons. The first-order chi connectivity index (χ1) is 6.85. The van der Waals surface area contributed by atoms with Crippen molar-refractivity contribution in [1.29, 1.82) is 5.26 Å². The van der Waals surface area contributed by atoms with Gasteiger partial charge in [0.25, 0.3) is 0 Å². The van der Waals surface area contributed by atoms with E-state index in [2.05, 4.69) is 41.6 Å². The van der Waals surface area contributed by atoms with Crippen LogP contribution in [0, 0.1) is 11.3 Å². The average Bonchev–Trinajstić information content (AvgIpc) is 2.11. The molecule has 0 aromatic carbocycles. The van der Waals surface area contributed by atoms with Crippen molar-refractivity contribution in [2.75, 3.05) is 0 Å². The standard InChI is InChI=1S/C7HBr2F3N2O/c8-4-5(15-7(10,11)12)3(1-13)2-14-6(4)9/h2H. The number of ether oxygens (including phenoxy) is 1. The van der Waals surface area contributed by atoms with Gasteiger partial charge in [-0.3, -0.25) is 0 Å². The molecule has 1 aromatic heterocycles. The van der Waals surface area contributed by atoms with E-state index in [4.69, 9.17) is 5.26 Å². The molecule has 3 nitrogen and oxygen atoms in total. The Morgan fingerprint density at radius 3 is 2.47 bits per heavy atom. The number of nitrogens with zero attached hydrogens (tertiary/aromatic N) is 2. The van der Waals surface area contributed by atoms with Crippen LogP contribution < -0.4 is 4.74 Å².